The number of hydrogen-bond donors (Lipinski definition) is 1. The molecular formula is C18H18BrF3N4O. The lowest BCUT2D eigenvalue weighted by molar-refractivity contribution is -0.137. The molecule has 2 heterocycles. The number of rotatable bonds is 4. The molecule has 1 aromatic heterocycles. The zero-order chi connectivity index (χ0) is 19.4. The van der Waals surface area contributed by atoms with E-state index >= 15 is 0 Å². The molecule has 144 valence electrons. The second kappa shape index (κ2) is 8.26. The zero-order valence-electron chi connectivity index (χ0n) is 14.3. The summed E-state index contributed by atoms with van der Waals surface area (Å²) in [7, 11) is 0. The van der Waals surface area contributed by atoms with Gasteiger partial charge in [-0.1, -0.05) is 15.9 Å². The Morgan fingerprint density at radius 1 is 1.07 bits per heavy atom. The maximum absolute atomic E-state index is 12.6. The van der Waals surface area contributed by atoms with Crippen molar-refractivity contribution in [3.05, 3.63) is 52.6 Å². The van der Waals surface area contributed by atoms with Crippen molar-refractivity contribution in [1.29, 1.82) is 0 Å². The van der Waals surface area contributed by atoms with Crippen LogP contribution in [0.1, 0.15) is 5.56 Å². The summed E-state index contributed by atoms with van der Waals surface area (Å²) in [6, 6.07) is 9.77. The molecule has 5 nitrogen and oxygen atoms in total. The number of halogens is 4. The van der Waals surface area contributed by atoms with Crippen LogP contribution in [0.25, 0.3) is 0 Å². The van der Waals surface area contributed by atoms with Gasteiger partial charge in [-0.15, -0.1) is 0 Å². The normalized spacial score (nSPS) is 15.6. The van der Waals surface area contributed by atoms with Gasteiger partial charge in [-0.05, 0) is 36.4 Å². The van der Waals surface area contributed by atoms with Gasteiger partial charge in [0.1, 0.15) is 5.82 Å². The summed E-state index contributed by atoms with van der Waals surface area (Å²) in [4.78, 5) is 20.0. The Morgan fingerprint density at radius 2 is 1.74 bits per heavy atom. The molecule has 3 rings (SSSR count). The van der Waals surface area contributed by atoms with Gasteiger partial charge < -0.3 is 10.2 Å². The fourth-order valence-electron chi connectivity index (χ4n) is 2.81. The fourth-order valence-corrected chi connectivity index (χ4v) is 3.08. The Balaban J connectivity index is 1.48. The molecule has 1 aliphatic rings. The first-order valence-corrected chi connectivity index (χ1v) is 9.16. The average Bonchev–Trinajstić information content (AvgIpc) is 2.64. The number of amides is 1. The van der Waals surface area contributed by atoms with Crippen molar-refractivity contribution in [2.75, 3.05) is 42.9 Å². The SMILES string of the molecule is O=C(CN1CCN(c2ccc(C(F)(F)F)cn2)CC1)Nc1ccc(Br)cc1. The second-order valence-electron chi connectivity index (χ2n) is 6.22. The molecule has 9 heteroatoms. The van der Waals surface area contributed by atoms with Gasteiger partial charge in [0.15, 0.2) is 0 Å². The maximum atomic E-state index is 12.6. The van der Waals surface area contributed by atoms with Gasteiger partial charge in [0.2, 0.25) is 5.91 Å². The molecule has 1 fully saturated rings. The highest BCUT2D eigenvalue weighted by atomic mass is 79.9. The molecule has 2 aromatic rings. The van der Waals surface area contributed by atoms with E-state index in [1.807, 2.05) is 34.1 Å². The lowest BCUT2D eigenvalue weighted by Gasteiger charge is -2.35. The minimum absolute atomic E-state index is 0.0987. The third-order valence-electron chi connectivity index (χ3n) is 4.27. The summed E-state index contributed by atoms with van der Waals surface area (Å²) in [6.45, 7) is 2.74. The van der Waals surface area contributed by atoms with Crippen molar-refractivity contribution >= 4 is 33.3 Å². The van der Waals surface area contributed by atoms with E-state index in [-0.39, 0.29) is 12.5 Å². The van der Waals surface area contributed by atoms with Gasteiger partial charge in [0.25, 0.3) is 0 Å². The molecule has 0 saturated carbocycles. The van der Waals surface area contributed by atoms with E-state index in [9.17, 15) is 18.0 Å². The zero-order valence-corrected chi connectivity index (χ0v) is 15.9. The van der Waals surface area contributed by atoms with Gasteiger partial charge in [0.05, 0.1) is 12.1 Å². The van der Waals surface area contributed by atoms with Crippen molar-refractivity contribution < 1.29 is 18.0 Å². The lowest BCUT2D eigenvalue weighted by atomic mass is 10.2. The molecule has 1 N–H and O–H groups in total. The van der Waals surface area contributed by atoms with Crippen LogP contribution in [-0.2, 0) is 11.0 Å². The van der Waals surface area contributed by atoms with Crippen LogP contribution in [0.5, 0.6) is 0 Å². The van der Waals surface area contributed by atoms with Crippen LogP contribution >= 0.6 is 15.9 Å². The minimum Gasteiger partial charge on any atom is -0.354 e. The Morgan fingerprint density at radius 3 is 2.30 bits per heavy atom. The highest BCUT2D eigenvalue weighted by molar-refractivity contribution is 9.10. The van der Waals surface area contributed by atoms with E-state index in [0.717, 1.165) is 22.4 Å². The number of carbonyl (C=O) groups is 1. The molecule has 1 saturated heterocycles. The van der Waals surface area contributed by atoms with E-state index in [0.29, 0.717) is 32.0 Å². The molecule has 27 heavy (non-hydrogen) atoms. The molecule has 1 amide bonds. The third-order valence-corrected chi connectivity index (χ3v) is 4.80. The molecule has 0 atom stereocenters. The van der Waals surface area contributed by atoms with Crippen LogP contribution in [0.4, 0.5) is 24.7 Å². The predicted octanol–water partition coefficient (Wildman–Crippen LogP) is 3.62. The summed E-state index contributed by atoms with van der Waals surface area (Å²) in [5, 5.41) is 2.85. The number of carbonyl (C=O) groups excluding carboxylic acids is 1. The number of nitrogens with one attached hydrogen (secondary N) is 1. The first-order valence-electron chi connectivity index (χ1n) is 8.37. The number of anilines is 2. The maximum Gasteiger partial charge on any atom is 0.417 e. The van der Waals surface area contributed by atoms with Gasteiger partial charge in [0, 0.05) is 42.5 Å². The van der Waals surface area contributed by atoms with Crippen molar-refractivity contribution in [3.63, 3.8) is 0 Å². The Hall–Kier alpha value is -2.13. The van der Waals surface area contributed by atoms with Gasteiger partial charge >= 0.3 is 6.18 Å². The monoisotopic (exact) mass is 442 g/mol. The van der Waals surface area contributed by atoms with Crippen LogP contribution in [0.15, 0.2) is 47.1 Å². The third kappa shape index (κ3) is 5.43. The summed E-state index contributed by atoms with van der Waals surface area (Å²) in [5.74, 6) is 0.417. The van der Waals surface area contributed by atoms with Gasteiger partial charge in [-0.2, -0.15) is 13.2 Å². The molecule has 1 aliphatic heterocycles. The van der Waals surface area contributed by atoms with E-state index in [4.69, 9.17) is 0 Å². The Kier molecular flexibility index (Phi) is 6.01. The van der Waals surface area contributed by atoms with Crippen molar-refractivity contribution in [1.82, 2.24) is 9.88 Å². The quantitative estimate of drug-likeness (QED) is 0.785. The number of benzene rings is 1. The summed E-state index contributed by atoms with van der Waals surface area (Å²) < 4.78 is 38.8. The van der Waals surface area contributed by atoms with Gasteiger partial charge in [-0.25, -0.2) is 4.98 Å². The molecular weight excluding hydrogens is 425 g/mol. The van der Waals surface area contributed by atoms with E-state index < -0.39 is 11.7 Å². The number of nitrogens with zero attached hydrogens (tertiary/aromatic N) is 3. The molecule has 0 unspecified atom stereocenters. The Bertz CT molecular complexity index is 773. The van der Waals surface area contributed by atoms with Crippen molar-refractivity contribution in [2.45, 2.75) is 6.18 Å². The highest BCUT2D eigenvalue weighted by Gasteiger charge is 2.31. The standard InChI is InChI=1S/C18H18BrF3N4O/c19-14-2-4-15(5-3-14)24-17(27)12-25-7-9-26(10-8-25)16-6-1-13(11-23-16)18(20,21)22/h1-6,11H,7-10,12H2,(H,24,27). The number of hydrogen-bond acceptors (Lipinski definition) is 4. The molecule has 0 spiro atoms. The smallest absolute Gasteiger partial charge is 0.354 e. The molecule has 0 bridgehead atoms. The Labute approximate surface area is 163 Å². The topological polar surface area (TPSA) is 48.5 Å². The predicted molar refractivity (Wildman–Crippen MR) is 101 cm³/mol. The first-order chi connectivity index (χ1) is 12.8. The van der Waals surface area contributed by atoms with Crippen LogP contribution in [-0.4, -0.2) is 48.5 Å². The van der Waals surface area contributed by atoms with Crippen LogP contribution in [0.2, 0.25) is 0 Å². The minimum atomic E-state index is -4.38. The average molecular weight is 443 g/mol. The number of piperazine rings is 1. The largest absolute Gasteiger partial charge is 0.417 e. The number of aromatic nitrogens is 1. The van der Waals surface area contributed by atoms with Crippen LogP contribution < -0.4 is 10.2 Å². The fraction of sp³-hybridized carbons (Fsp3) is 0.333. The molecule has 1 aromatic carbocycles. The summed E-state index contributed by atoms with van der Waals surface area (Å²) >= 11 is 3.34. The van der Waals surface area contributed by atoms with E-state index in [1.165, 1.54) is 6.07 Å². The van der Waals surface area contributed by atoms with Gasteiger partial charge in [-0.3, -0.25) is 9.69 Å². The summed E-state index contributed by atoms with van der Waals surface area (Å²) in [5.41, 5.74) is -0.0229. The molecule has 0 aliphatic carbocycles. The second-order valence-corrected chi connectivity index (χ2v) is 7.14. The van der Waals surface area contributed by atoms with Crippen molar-refractivity contribution in [2.24, 2.45) is 0 Å². The van der Waals surface area contributed by atoms with Crippen LogP contribution in [0, 0.1) is 0 Å². The summed E-state index contributed by atoms with van der Waals surface area (Å²) in [6.07, 6.45) is -3.53. The lowest BCUT2D eigenvalue weighted by Crippen LogP contribution is -2.48. The highest BCUT2D eigenvalue weighted by Crippen LogP contribution is 2.29. The molecule has 0 radical (unpaired) electrons. The number of alkyl halides is 3. The van der Waals surface area contributed by atoms with Crippen molar-refractivity contribution in [3.8, 4) is 0 Å². The van der Waals surface area contributed by atoms with Crippen LogP contribution in [0.3, 0.4) is 0 Å². The van der Waals surface area contributed by atoms with E-state index in [2.05, 4.69) is 26.2 Å². The van der Waals surface area contributed by atoms with E-state index in [1.54, 1.807) is 0 Å². The first kappa shape index (κ1) is 19.6. The number of pyridine rings is 1.